The molecule has 0 aliphatic rings. The van der Waals surface area contributed by atoms with Gasteiger partial charge in [-0.15, -0.1) is 0 Å². The molecule has 0 aliphatic heterocycles. The number of benzene rings is 4. The van der Waals surface area contributed by atoms with Crippen LogP contribution in [0.5, 0.6) is 17.2 Å². The summed E-state index contributed by atoms with van der Waals surface area (Å²) in [5.74, 6) is 0.965. The molecule has 1 aromatic heterocycles. The second kappa shape index (κ2) is 13.7. The van der Waals surface area contributed by atoms with Crippen molar-refractivity contribution in [3.63, 3.8) is 0 Å². The normalized spacial score (nSPS) is 9.03. The van der Waals surface area contributed by atoms with Gasteiger partial charge in [0.25, 0.3) is 0 Å². The van der Waals surface area contributed by atoms with E-state index in [1.165, 1.54) is 0 Å². The van der Waals surface area contributed by atoms with E-state index >= 15 is 0 Å². The molecule has 0 radical (unpaired) electrons. The number of aromatic hydroxyl groups is 3. The van der Waals surface area contributed by atoms with Gasteiger partial charge in [-0.2, -0.15) is 0 Å². The van der Waals surface area contributed by atoms with Crippen molar-refractivity contribution < 1.29 is 15.3 Å². The highest BCUT2D eigenvalue weighted by Gasteiger charge is 1.88. The summed E-state index contributed by atoms with van der Waals surface area (Å²) in [4.78, 5) is 8.24. The van der Waals surface area contributed by atoms with Crippen molar-refractivity contribution in [1.82, 2.24) is 9.97 Å². The molecule has 0 amide bonds. The summed E-state index contributed by atoms with van der Waals surface area (Å²) in [6.45, 7) is 0. The van der Waals surface area contributed by atoms with Crippen LogP contribution in [0.4, 0.5) is 0 Å². The molecule has 0 spiro atoms. The van der Waals surface area contributed by atoms with E-state index in [9.17, 15) is 0 Å². The van der Waals surface area contributed by atoms with E-state index in [0.29, 0.717) is 17.2 Å². The molecular weight excluding hydrogens is 388 g/mol. The third kappa shape index (κ3) is 10.1. The van der Waals surface area contributed by atoms with Gasteiger partial charge in [-0.05, 0) is 48.5 Å². The quantitative estimate of drug-likeness (QED) is 0.299. The fourth-order valence-electron chi connectivity index (χ4n) is 2.19. The minimum atomic E-state index is 0.322. The zero-order chi connectivity index (χ0) is 22.2. The van der Waals surface area contributed by atoms with Crippen molar-refractivity contribution in [3.8, 4) is 17.2 Å². The van der Waals surface area contributed by atoms with Crippen molar-refractivity contribution >= 4 is 11.0 Å². The first-order valence-electron chi connectivity index (χ1n) is 9.53. The molecular formula is C26H24N2O3. The Morgan fingerprint density at radius 2 is 0.613 bits per heavy atom. The first-order chi connectivity index (χ1) is 15.1. The lowest BCUT2D eigenvalue weighted by atomic mass is 10.3. The number of phenolic OH excluding ortho intramolecular Hbond substituents is 3. The maximum Gasteiger partial charge on any atom is 0.115 e. The number of phenols is 3. The molecule has 0 saturated heterocycles. The lowest BCUT2D eigenvalue weighted by Gasteiger charge is -1.90. The maximum atomic E-state index is 8.63. The number of rotatable bonds is 0. The SMILES string of the molecule is Oc1ccccc1.Oc1ccccc1.Oc1ccccc1.c1ccc2nccnc2c1. The van der Waals surface area contributed by atoms with Crippen molar-refractivity contribution in [2.45, 2.75) is 0 Å². The molecule has 3 N–H and O–H groups in total. The molecule has 0 atom stereocenters. The Kier molecular flexibility index (Phi) is 10.2. The Morgan fingerprint density at radius 3 is 0.839 bits per heavy atom. The molecule has 5 heteroatoms. The molecule has 0 aliphatic carbocycles. The molecule has 156 valence electrons. The van der Waals surface area contributed by atoms with Crippen LogP contribution in [0.3, 0.4) is 0 Å². The Balaban J connectivity index is 0.000000149. The van der Waals surface area contributed by atoms with Gasteiger partial charge < -0.3 is 15.3 Å². The van der Waals surface area contributed by atoms with Crippen LogP contribution in [0.15, 0.2) is 128 Å². The number of nitrogens with zero attached hydrogens (tertiary/aromatic N) is 2. The van der Waals surface area contributed by atoms with Crippen LogP contribution in [0.2, 0.25) is 0 Å². The van der Waals surface area contributed by atoms with Crippen molar-refractivity contribution in [1.29, 1.82) is 0 Å². The molecule has 0 fully saturated rings. The lowest BCUT2D eigenvalue weighted by molar-refractivity contribution is 0.475. The van der Waals surface area contributed by atoms with Gasteiger partial charge in [0.1, 0.15) is 17.2 Å². The minimum Gasteiger partial charge on any atom is -0.508 e. The van der Waals surface area contributed by atoms with E-state index in [4.69, 9.17) is 15.3 Å². The van der Waals surface area contributed by atoms with E-state index < -0.39 is 0 Å². The number of fused-ring (bicyclic) bond motifs is 1. The lowest BCUT2D eigenvalue weighted by Crippen LogP contribution is -1.78. The van der Waals surface area contributed by atoms with Crippen LogP contribution in [-0.2, 0) is 0 Å². The molecule has 5 aromatic rings. The van der Waals surface area contributed by atoms with Gasteiger partial charge in [-0.3, -0.25) is 9.97 Å². The Morgan fingerprint density at radius 1 is 0.355 bits per heavy atom. The number of aromatic nitrogens is 2. The van der Waals surface area contributed by atoms with Crippen LogP contribution in [-0.4, -0.2) is 25.3 Å². The average Bonchev–Trinajstić information content (AvgIpc) is 2.82. The topological polar surface area (TPSA) is 86.5 Å². The molecule has 0 bridgehead atoms. The number of hydrogen-bond acceptors (Lipinski definition) is 5. The van der Waals surface area contributed by atoms with E-state index in [2.05, 4.69) is 9.97 Å². The number of para-hydroxylation sites is 5. The first-order valence-corrected chi connectivity index (χ1v) is 9.53. The van der Waals surface area contributed by atoms with Gasteiger partial charge in [0.05, 0.1) is 11.0 Å². The Labute approximate surface area is 181 Å². The van der Waals surface area contributed by atoms with Crippen LogP contribution in [0.25, 0.3) is 11.0 Å². The summed E-state index contributed by atoms with van der Waals surface area (Å²) in [5.41, 5.74) is 1.90. The van der Waals surface area contributed by atoms with Crippen LogP contribution in [0.1, 0.15) is 0 Å². The predicted molar refractivity (Wildman–Crippen MR) is 124 cm³/mol. The fraction of sp³-hybridized carbons (Fsp3) is 0. The summed E-state index contributed by atoms with van der Waals surface area (Å²) in [7, 11) is 0. The van der Waals surface area contributed by atoms with E-state index in [1.807, 2.05) is 42.5 Å². The molecule has 5 nitrogen and oxygen atoms in total. The van der Waals surface area contributed by atoms with Crippen molar-refractivity contribution in [3.05, 3.63) is 128 Å². The summed E-state index contributed by atoms with van der Waals surface area (Å²) in [6.07, 6.45) is 3.39. The van der Waals surface area contributed by atoms with E-state index in [0.717, 1.165) is 11.0 Å². The molecule has 31 heavy (non-hydrogen) atoms. The summed E-state index contributed by atoms with van der Waals surface area (Å²) in [6, 6.07) is 33.9. The Bertz CT molecular complexity index is 952. The standard InChI is InChI=1S/C8H6N2.3C6H6O/c1-2-4-8-7(3-1)9-5-6-10-8;3*7-6-4-2-1-3-5-6/h1-6H;3*1-5,7H. The van der Waals surface area contributed by atoms with Gasteiger partial charge in [-0.25, -0.2) is 0 Å². The van der Waals surface area contributed by atoms with Gasteiger partial charge in [0, 0.05) is 12.4 Å². The molecule has 5 rings (SSSR count). The van der Waals surface area contributed by atoms with Gasteiger partial charge >= 0.3 is 0 Å². The van der Waals surface area contributed by atoms with E-state index in [1.54, 1.807) is 85.2 Å². The van der Waals surface area contributed by atoms with Crippen molar-refractivity contribution in [2.24, 2.45) is 0 Å². The summed E-state index contributed by atoms with van der Waals surface area (Å²) in [5, 5.41) is 25.9. The van der Waals surface area contributed by atoms with E-state index in [-0.39, 0.29) is 0 Å². The third-order valence-corrected chi connectivity index (χ3v) is 3.64. The Hall–Kier alpha value is -4.38. The molecule has 0 unspecified atom stereocenters. The predicted octanol–water partition coefficient (Wildman–Crippen LogP) is 5.81. The summed E-state index contributed by atoms with van der Waals surface area (Å²) >= 11 is 0. The average molecular weight is 412 g/mol. The van der Waals surface area contributed by atoms with Crippen LogP contribution >= 0.6 is 0 Å². The highest BCUT2D eigenvalue weighted by Crippen LogP contribution is 2.05. The monoisotopic (exact) mass is 412 g/mol. The molecule has 0 saturated carbocycles. The zero-order valence-corrected chi connectivity index (χ0v) is 16.9. The number of hydrogen-bond donors (Lipinski definition) is 3. The minimum absolute atomic E-state index is 0.322. The molecule has 4 aromatic carbocycles. The molecule has 1 heterocycles. The zero-order valence-electron chi connectivity index (χ0n) is 16.9. The third-order valence-electron chi connectivity index (χ3n) is 3.64. The fourth-order valence-corrected chi connectivity index (χ4v) is 2.19. The second-order valence-electron chi connectivity index (χ2n) is 6.05. The second-order valence-corrected chi connectivity index (χ2v) is 6.05. The van der Waals surface area contributed by atoms with Crippen molar-refractivity contribution in [2.75, 3.05) is 0 Å². The van der Waals surface area contributed by atoms with Gasteiger partial charge in [-0.1, -0.05) is 66.7 Å². The first kappa shape index (κ1) is 22.9. The smallest absolute Gasteiger partial charge is 0.115 e. The highest BCUT2D eigenvalue weighted by molar-refractivity contribution is 5.72. The maximum absolute atomic E-state index is 8.63. The van der Waals surface area contributed by atoms with Gasteiger partial charge in [0.15, 0.2) is 0 Å². The van der Waals surface area contributed by atoms with Crippen LogP contribution < -0.4 is 0 Å². The highest BCUT2D eigenvalue weighted by atomic mass is 16.3. The van der Waals surface area contributed by atoms with Crippen LogP contribution in [0, 0.1) is 0 Å². The summed E-state index contributed by atoms with van der Waals surface area (Å²) < 4.78 is 0. The van der Waals surface area contributed by atoms with Gasteiger partial charge in [0.2, 0.25) is 0 Å². The largest absolute Gasteiger partial charge is 0.508 e.